The number of sulfonamides is 1. The monoisotopic (exact) mass is 410 g/mol. The summed E-state index contributed by atoms with van der Waals surface area (Å²) in [5, 5.41) is 3.33. The Labute approximate surface area is 165 Å². The van der Waals surface area contributed by atoms with Crippen molar-refractivity contribution in [3.63, 3.8) is 0 Å². The number of ether oxygens (including phenoxy) is 1. The number of rotatable bonds is 7. The quantitative estimate of drug-likeness (QED) is 0.759. The Bertz CT molecular complexity index is 912. The van der Waals surface area contributed by atoms with Gasteiger partial charge in [-0.3, -0.25) is 4.79 Å². The number of nitrogens with zero attached hydrogens (tertiary/aromatic N) is 1. The van der Waals surface area contributed by atoms with Gasteiger partial charge in [0, 0.05) is 24.7 Å². The van der Waals surface area contributed by atoms with Gasteiger partial charge in [0.05, 0.1) is 17.6 Å². The number of carbonyl (C=O) groups excluding carboxylic acids is 1. The van der Waals surface area contributed by atoms with Gasteiger partial charge in [-0.05, 0) is 49.7 Å². The molecule has 1 N–H and O–H groups in total. The fourth-order valence-corrected chi connectivity index (χ4v) is 3.79. The molecule has 0 saturated heterocycles. The summed E-state index contributed by atoms with van der Waals surface area (Å²) in [6, 6.07) is 11.1. The molecule has 0 aromatic heterocycles. The van der Waals surface area contributed by atoms with Crippen LogP contribution >= 0.6 is 11.6 Å². The second kappa shape index (κ2) is 8.73. The molecule has 1 amide bonds. The molecular weight excluding hydrogens is 388 g/mol. The number of amides is 1. The molecule has 0 radical (unpaired) electrons. The van der Waals surface area contributed by atoms with E-state index in [0.29, 0.717) is 10.8 Å². The van der Waals surface area contributed by atoms with Crippen molar-refractivity contribution in [3.8, 4) is 5.75 Å². The van der Waals surface area contributed by atoms with Gasteiger partial charge in [0.15, 0.2) is 0 Å². The Hall–Kier alpha value is -2.09. The summed E-state index contributed by atoms with van der Waals surface area (Å²) in [5.74, 6) is -0.0771. The lowest BCUT2D eigenvalue weighted by Gasteiger charge is -2.19. The van der Waals surface area contributed by atoms with Crippen LogP contribution < -0.4 is 10.1 Å². The van der Waals surface area contributed by atoms with Gasteiger partial charge in [-0.2, -0.15) is 4.31 Å². The molecule has 146 valence electrons. The molecule has 0 spiro atoms. The van der Waals surface area contributed by atoms with E-state index >= 15 is 0 Å². The van der Waals surface area contributed by atoms with Gasteiger partial charge < -0.3 is 10.1 Å². The second-order valence-corrected chi connectivity index (χ2v) is 8.86. The fourth-order valence-electron chi connectivity index (χ4n) is 2.48. The molecule has 8 heteroatoms. The standard InChI is InChI=1S/C19H23ClN2O4S/c1-13(2)21-19(23)17-11-16(9-10-18(17)26-4)27(24,25)22(3)12-14-5-7-15(20)8-6-14/h5-11,13H,12H2,1-4H3,(H,21,23). The maximum Gasteiger partial charge on any atom is 0.255 e. The number of halogens is 1. The highest BCUT2D eigenvalue weighted by Crippen LogP contribution is 2.25. The van der Waals surface area contributed by atoms with Crippen molar-refractivity contribution < 1.29 is 17.9 Å². The molecule has 0 atom stereocenters. The molecule has 2 aromatic rings. The van der Waals surface area contributed by atoms with E-state index in [1.54, 1.807) is 24.3 Å². The zero-order valence-electron chi connectivity index (χ0n) is 15.7. The zero-order chi connectivity index (χ0) is 20.2. The molecule has 6 nitrogen and oxygen atoms in total. The minimum Gasteiger partial charge on any atom is -0.496 e. The van der Waals surface area contributed by atoms with Gasteiger partial charge in [0.1, 0.15) is 5.75 Å². The lowest BCUT2D eigenvalue weighted by Crippen LogP contribution is -2.31. The van der Waals surface area contributed by atoms with Gasteiger partial charge in [-0.25, -0.2) is 8.42 Å². The predicted molar refractivity (Wildman–Crippen MR) is 106 cm³/mol. The van der Waals surface area contributed by atoms with Crippen LogP contribution in [-0.4, -0.2) is 38.8 Å². The third kappa shape index (κ3) is 5.22. The van der Waals surface area contributed by atoms with E-state index in [2.05, 4.69) is 5.32 Å². The third-order valence-corrected chi connectivity index (χ3v) is 5.91. The van der Waals surface area contributed by atoms with Gasteiger partial charge in [0.2, 0.25) is 10.0 Å². The Morgan fingerprint density at radius 2 is 1.81 bits per heavy atom. The zero-order valence-corrected chi connectivity index (χ0v) is 17.3. The van der Waals surface area contributed by atoms with Crippen molar-refractivity contribution in [1.82, 2.24) is 9.62 Å². The summed E-state index contributed by atoms with van der Waals surface area (Å²) in [5.41, 5.74) is 0.976. The Balaban J connectivity index is 2.34. The summed E-state index contributed by atoms with van der Waals surface area (Å²) >= 11 is 5.86. The van der Waals surface area contributed by atoms with Crippen LogP contribution in [0.1, 0.15) is 29.8 Å². The van der Waals surface area contributed by atoms with Crippen LogP contribution in [0.25, 0.3) is 0 Å². The molecule has 2 aromatic carbocycles. The van der Waals surface area contributed by atoms with E-state index in [0.717, 1.165) is 5.56 Å². The first-order chi connectivity index (χ1) is 12.6. The van der Waals surface area contributed by atoms with Crippen molar-refractivity contribution in [1.29, 1.82) is 0 Å². The fraction of sp³-hybridized carbons (Fsp3) is 0.316. The minimum absolute atomic E-state index is 0.0219. The number of methoxy groups -OCH3 is 1. The van der Waals surface area contributed by atoms with Crippen molar-refractivity contribution >= 4 is 27.5 Å². The number of hydrogen-bond donors (Lipinski definition) is 1. The Kier molecular flexibility index (Phi) is 6.86. The summed E-state index contributed by atoms with van der Waals surface area (Å²) < 4.78 is 32.3. The van der Waals surface area contributed by atoms with Crippen LogP contribution in [-0.2, 0) is 16.6 Å². The first-order valence-corrected chi connectivity index (χ1v) is 10.2. The number of carbonyl (C=O) groups is 1. The van der Waals surface area contributed by atoms with Gasteiger partial charge >= 0.3 is 0 Å². The van der Waals surface area contributed by atoms with Gasteiger partial charge in [-0.1, -0.05) is 23.7 Å². The highest BCUT2D eigenvalue weighted by atomic mass is 35.5. The number of hydrogen-bond acceptors (Lipinski definition) is 4. The van der Waals surface area contributed by atoms with Crippen LogP contribution in [0.2, 0.25) is 5.02 Å². The van der Waals surface area contributed by atoms with E-state index in [9.17, 15) is 13.2 Å². The van der Waals surface area contributed by atoms with Crippen LogP contribution in [0.5, 0.6) is 5.75 Å². The largest absolute Gasteiger partial charge is 0.496 e. The van der Waals surface area contributed by atoms with Crippen molar-refractivity contribution in [2.45, 2.75) is 31.3 Å². The molecule has 0 unspecified atom stereocenters. The number of nitrogens with one attached hydrogen (secondary N) is 1. The maximum absolute atomic E-state index is 12.9. The topological polar surface area (TPSA) is 75.7 Å². The van der Waals surface area contributed by atoms with Crippen LogP contribution in [0.15, 0.2) is 47.4 Å². The highest BCUT2D eigenvalue weighted by molar-refractivity contribution is 7.89. The molecule has 27 heavy (non-hydrogen) atoms. The van der Waals surface area contributed by atoms with E-state index in [4.69, 9.17) is 16.3 Å². The lowest BCUT2D eigenvalue weighted by atomic mass is 10.2. The first kappa shape index (κ1) is 21.2. The first-order valence-electron chi connectivity index (χ1n) is 8.35. The molecule has 0 aliphatic carbocycles. The second-order valence-electron chi connectivity index (χ2n) is 6.38. The summed E-state index contributed by atoms with van der Waals surface area (Å²) in [7, 11) is -0.871. The van der Waals surface area contributed by atoms with E-state index < -0.39 is 10.0 Å². The average Bonchev–Trinajstić information content (AvgIpc) is 2.62. The summed E-state index contributed by atoms with van der Waals surface area (Å²) in [6.07, 6.45) is 0. The van der Waals surface area contributed by atoms with E-state index in [1.807, 2.05) is 13.8 Å². The van der Waals surface area contributed by atoms with E-state index in [1.165, 1.54) is 36.7 Å². The molecule has 0 bridgehead atoms. The summed E-state index contributed by atoms with van der Waals surface area (Å²) in [6.45, 7) is 3.83. The van der Waals surface area contributed by atoms with Gasteiger partial charge in [-0.15, -0.1) is 0 Å². The lowest BCUT2D eigenvalue weighted by molar-refractivity contribution is 0.0940. The molecule has 0 fully saturated rings. The van der Waals surface area contributed by atoms with Crippen LogP contribution in [0, 0.1) is 0 Å². The van der Waals surface area contributed by atoms with Gasteiger partial charge in [0.25, 0.3) is 5.91 Å². The van der Waals surface area contributed by atoms with E-state index in [-0.39, 0.29) is 29.0 Å². The molecular formula is C19H23ClN2O4S. The highest BCUT2D eigenvalue weighted by Gasteiger charge is 2.24. The van der Waals surface area contributed by atoms with Crippen LogP contribution in [0.4, 0.5) is 0 Å². The van der Waals surface area contributed by atoms with Crippen molar-refractivity contribution in [2.75, 3.05) is 14.2 Å². The third-order valence-electron chi connectivity index (χ3n) is 3.86. The normalized spacial score (nSPS) is 11.7. The maximum atomic E-state index is 12.9. The molecule has 2 rings (SSSR count). The Morgan fingerprint density at radius 3 is 2.37 bits per heavy atom. The smallest absolute Gasteiger partial charge is 0.255 e. The SMILES string of the molecule is COc1ccc(S(=O)(=O)N(C)Cc2ccc(Cl)cc2)cc1C(=O)NC(C)C. The number of benzene rings is 2. The minimum atomic E-state index is -3.79. The molecule has 0 aliphatic rings. The van der Waals surface area contributed by atoms with Crippen molar-refractivity contribution in [2.24, 2.45) is 0 Å². The predicted octanol–water partition coefficient (Wildman–Crippen LogP) is 3.31. The van der Waals surface area contributed by atoms with Crippen LogP contribution in [0.3, 0.4) is 0 Å². The molecule has 0 aliphatic heterocycles. The van der Waals surface area contributed by atoms with Crippen molar-refractivity contribution in [3.05, 3.63) is 58.6 Å². The Morgan fingerprint density at radius 1 is 1.19 bits per heavy atom. The molecule has 0 heterocycles. The summed E-state index contributed by atoms with van der Waals surface area (Å²) in [4.78, 5) is 12.4. The molecule has 0 saturated carbocycles. The average molecular weight is 411 g/mol.